The van der Waals surface area contributed by atoms with E-state index in [4.69, 9.17) is 10.1 Å². The Kier molecular flexibility index (Phi) is 5.13. The number of carbonyl (C=O) groups excluding carboxylic acids is 1. The Labute approximate surface area is 190 Å². The third-order valence-corrected chi connectivity index (χ3v) is 6.89. The maximum absolute atomic E-state index is 12.8. The van der Waals surface area contributed by atoms with Gasteiger partial charge in [-0.1, -0.05) is 12.1 Å². The topological polar surface area (TPSA) is 86.3 Å². The molecule has 0 bridgehead atoms. The monoisotopic (exact) mass is 448 g/mol. The number of hydrogen-bond donors (Lipinski definition) is 1. The minimum atomic E-state index is -0.409. The Hall–Kier alpha value is -3.33. The second-order valence-corrected chi connectivity index (χ2v) is 8.86. The van der Waals surface area contributed by atoms with Crippen LogP contribution in [0.15, 0.2) is 46.0 Å². The van der Waals surface area contributed by atoms with Crippen LogP contribution in [0.4, 0.5) is 0 Å². The molecular formula is C23H24N6O2S. The highest BCUT2D eigenvalue weighted by atomic mass is 32.2. The number of likely N-dealkylation sites (tertiary alicyclic amines) is 1. The number of aliphatic imine (C=N–C) groups is 1. The lowest BCUT2D eigenvalue weighted by molar-refractivity contribution is -0.114. The molecular weight excluding hydrogens is 424 g/mol. The van der Waals surface area contributed by atoms with E-state index >= 15 is 0 Å². The van der Waals surface area contributed by atoms with Crippen molar-refractivity contribution in [3.63, 3.8) is 0 Å². The number of amidine groups is 3. The fourth-order valence-corrected chi connectivity index (χ4v) is 5.24. The summed E-state index contributed by atoms with van der Waals surface area (Å²) in [6.07, 6.45) is 4.01. The zero-order valence-electron chi connectivity index (χ0n) is 18.3. The number of thioether (sulfide) groups is 1. The summed E-state index contributed by atoms with van der Waals surface area (Å²) in [5, 5.41) is 16.0. The summed E-state index contributed by atoms with van der Waals surface area (Å²) in [5.41, 5.74) is 3.98. The van der Waals surface area contributed by atoms with Gasteiger partial charge in [-0.05, 0) is 68.3 Å². The van der Waals surface area contributed by atoms with Crippen molar-refractivity contribution in [1.82, 2.24) is 14.5 Å². The molecule has 1 saturated heterocycles. The maximum atomic E-state index is 12.8. The smallest absolute Gasteiger partial charge is 0.283 e. The molecule has 32 heavy (non-hydrogen) atoms. The van der Waals surface area contributed by atoms with Crippen LogP contribution in [0, 0.1) is 19.3 Å². The normalized spacial score (nSPS) is 19.5. The summed E-state index contributed by atoms with van der Waals surface area (Å²) in [4.78, 5) is 19.2. The number of aromatic nitrogens is 1. The van der Waals surface area contributed by atoms with E-state index < -0.39 is 5.91 Å². The molecule has 0 radical (unpaired) electrons. The summed E-state index contributed by atoms with van der Waals surface area (Å²) >= 11 is 1.36. The predicted octanol–water partition coefficient (Wildman–Crippen LogP) is 3.78. The van der Waals surface area contributed by atoms with Crippen molar-refractivity contribution in [3.8, 4) is 11.4 Å². The van der Waals surface area contributed by atoms with E-state index in [-0.39, 0.29) is 11.4 Å². The Morgan fingerprint density at radius 1 is 1.16 bits per heavy atom. The van der Waals surface area contributed by atoms with Gasteiger partial charge in [0.15, 0.2) is 11.0 Å². The quantitative estimate of drug-likeness (QED) is 0.723. The van der Waals surface area contributed by atoms with Gasteiger partial charge >= 0.3 is 0 Å². The molecule has 1 amide bonds. The van der Waals surface area contributed by atoms with Crippen LogP contribution in [-0.4, -0.2) is 56.8 Å². The van der Waals surface area contributed by atoms with Gasteiger partial charge in [0.1, 0.15) is 5.75 Å². The summed E-state index contributed by atoms with van der Waals surface area (Å²) in [7, 11) is 1.65. The number of ether oxygens (including phenoxy) is 1. The van der Waals surface area contributed by atoms with E-state index in [2.05, 4.69) is 19.6 Å². The molecule has 1 fully saturated rings. The third-order valence-electron chi connectivity index (χ3n) is 5.92. The van der Waals surface area contributed by atoms with Gasteiger partial charge in [0.05, 0.1) is 18.4 Å². The molecule has 0 saturated carbocycles. The molecule has 5 rings (SSSR count). The lowest BCUT2D eigenvalue weighted by Crippen LogP contribution is -2.35. The minimum absolute atomic E-state index is 0.0591. The molecule has 1 aromatic heterocycles. The first-order chi connectivity index (χ1) is 15.5. The average Bonchev–Trinajstić information content (AvgIpc) is 3.51. The van der Waals surface area contributed by atoms with Gasteiger partial charge in [0, 0.05) is 24.5 Å². The first kappa shape index (κ1) is 20.6. The molecule has 2 aromatic rings. The first-order valence-corrected chi connectivity index (χ1v) is 11.4. The number of hydrogen-bond acceptors (Lipinski definition) is 6. The lowest BCUT2D eigenvalue weighted by Gasteiger charge is -2.20. The minimum Gasteiger partial charge on any atom is -0.495 e. The number of benzene rings is 1. The van der Waals surface area contributed by atoms with Crippen molar-refractivity contribution >= 4 is 39.9 Å². The summed E-state index contributed by atoms with van der Waals surface area (Å²) in [5.74, 6) is 0.416. The highest BCUT2D eigenvalue weighted by Crippen LogP contribution is 2.32. The first-order valence-electron chi connectivity index (χ1n) is 10.6. The number of nitrogens with one attached hydrogen (secondary N) is 1. The van der Waals surface area contributed by atoms with E-state index in [1.165, 1.54) is 16.8 Å². The number of amides is 1. The average molecular weight is 449 g/mol. The van der Waals surface area contributed by atoms with Gasteiger partial charge in [-0.3, -0.25) is 10.2 Å². The SMILES string of the molecule is COc1ccccc1-n1c(C)cc(/C=C2/C(=N)N3N=C(N4CCCC4)SC3=NC2=O)c1C. The van der Waals surface area contributed by atoms with Crippen molar-refractivity contribution in [2.24, 2.45) is 10.1 Å². The van der Waals surface area contributed by atoms with Crippen molar-refractivity contribution in [2.75, 3.05) is 20.2 Å². The zero-order chi connectivity index (χ0) is 22.4. The molecule has 3 aliphatic heterocycles. The number of para-hydroxylation sites is 2. The number of hydrazone groups is 1. The molecule has 0 atom stereocenters. The number of nitrogens with zero attached hydrogens (tertiary/aromatic N) is 5. The third kappa shape index (κ3) is 3.33. The van der Waals surface area contributed by atoms with E-state index in [1.807, 2.05) is 44.2 Å². The maximum Gasteiger partial charge on any atom is 0.283 e. The molecule has 8 nitrogen and oxygen atoms in total. The van der Waals surface area contributed by atoms with Crippen LogP contribution in [0.1, 0.15) is 29.8 Å². The summed E-state index contributed by atoms with van der Waals surface area (Å²) in [6, 6.07) is 9.82. The molecule has 0 unspecified atom stereocenters. The number of rotatable bonds is 3. The van der Waals surface area contributed by atoms with E-state index in [1.54, 1.807) is 13.2 Å². The molecule has 0 spiro atoms. The fourth-order valence-electron chi connectivity index (χ4n) is 4.29. The molecule has 1 N–H and O–H groups in total. The Balaban J connectivity index is 1.51. The van der Waals surface area contributed by atoms with Crippen molar-refractivity contribution in [1.29, 1.82) is 5.41 Å². The van der Waals surface area contributed by atoms with Crippen LogP contribution < -0.4 is 4.74 Å². The molecule has 3 aliphatic rings. The Bertz CT molecular complexity index is 1220. The highest BCUT2D eigenvalue weighted by Gasteiger charge is 2.37. The van der Waals surface area contributed by atoms with Crippen LogP contribution in [0.3, 0.4) is 0 Å². The van der Waals surface area contributed by atoms with Crippen molar-refractivity contribution < 1.29 is 9.53 Å². The summed E-state index contributed by atoms with van der Waals surface area (Å²) < 4.78 is 7.62. The standard InChI is InChI=1S/C23H24N6O2S/c1-14-12-16(15(2)28(14)18-8-4-5-9-19(18)31-3)13-17-20(24)29-22(25-21(17)30)32-23(26-29)27-10-6-7-11-27/h4-5,8-9,12-13,24H,6-7,10-11H2,1-3H3/b17-13-,24-20?. The number of fused-ring (bicyclic) bond motifs is 1. The van der Waals surface area contributed by atoms with E-state index in [0.29, 0.717) is 5.17 Å². The van der Waals surface area contributed by atoms with E-state index in [9.17, 15) is 4.79 Å². The summed E-state index contributed by atoms with van der Waals surface area (Å²) in [6.45, 7) is 5.90. The number of aryl methyl sites for hydroxylation is 1. The Morgan fingerprint density at radius 2 is 1.91 bits per heavy atom. The highest BCUT2D eigenvalue weighted by molar-refractivity contribution is 8.26. The van der Waals surface area contributed by atoms with Crippen molar-refractivity contribution in [3.05, 3.63) is 52.9 Å². The second-order valence-electron chi connectivity index (χ2n) is 7.93. The van der Waals surface area contributed by atoms with Crippen LogP contribution in [0.5, 0.6) is 5.75 Å². The van der Waals surface area contributed by atoms with Crippen LogP contribution >= 0.6 is 11.8 Å². The van der Waals surface area contributed by atoms with Gasteiger partial charge in [-0.25, -0.2) is 0 Å². The van der Waals surface area contributed by atoms with Gasteiger partial charge < -0.3 is 14.2 Å². The van der Waals surface area contributed by atoms with Gasteiger partial charge in [-0.2, -0.15) is 10.0 Å². The Morgan fingerprint density at radius 3 is 2.66 bits per heavy atom. The predicted molar refractivity (Wildman–Crippen MR) is 128 cm³/mol. The molecule has 4 heterocycles. The van der Waals surface area contributed by atoms with Crippen LogP contribution in [0.2, 0.25) is 0 Å². The molecule has 1 aromatic carbocycles. The molecule has 0 aliphatic carbocycles. The lowest BCUT2D eigenvalue weighted by atomic mass is 10.1. The van der Waals surface area contributed by atoms with E-state index in [0.717, 1.165) is 59.5 Å². The fraction of sp³-hybridized carbons (Fsp3) is 0.304. The number of methoxy groups -OCH3 is 1. The van der Waals surface area contributed by atoms with Gasteiger partial charge in [0.25, 0.3) is 5.91 Å². The van der Waals surface area contributed by atoms with Crippen LogP contribution in [0.25, 0.3) is 11.8 Å². The largest absolute Gasteiger partial charge is 0.495 e. The van der Waals surface area contributed by atoms with Crippen LogP contribution in [-0.2, 0) is 4.79 Å². The zero-order valence-corrected chi connectivity index (χ0v) is 19.1. The van der Waals surface area contributed by atoms with Gasteiger partial charge in [-0.15, -0.1) is 5.10 Å². The van der Waals surface area contributed by atoms with Gasteiger partial charge in [0.2, 0.25) is 5.17 Å². The molecule has 9 heteroatoms. The second kappa shape index (κ2) is 7.98. The number of carbonyl (C=O) groups is 1. The molecule has 164 valence electrons. The van der Waals surface area contributed by atoms with Crippen molar-refractivity contribution in [2.45, 2.75) is 26.7 Å².